The molecule has 14 heavy (non-hydrogen) atoms. The minimum atomic E-state index is -0.577. The highest BCUT2D eigenvalue weighted by molar-refractivity contribution is 5.49. The molecule has 2 atom stereocenters. The van der Waals surface area contributed by atoms with Gasteiger partial charge in [0, 0.05) is 18.0 Å². The number of hydrogen-bond donors (Lipinski definition) is 1. The monoisotopic (exact) mass is 197 g/mol. The maximum atomic E-state index is 13.2. The summed E-state index contributed by atoms with van der Waals surface area (Å²) < 4.78 is 25.8. The van der Waals surface area contributed by atoms with E-state index in [2.05, 4.69) is 5.32 Å². The third-order valence-electron chi connectivity index (χ3n) is 2.43. The van der Waals surface area contributed by atoms with E-state index in [-0.39, 0.29) is 12.0 Å². The standard InChI is InChI=1S/C10H9F2NO/c11-6-1-2-7(9(12)3-6)8-4-10(8)13-5-14/h1-3,5,8,10H,4H2,(H,13,14)/t8-,10+/m1/s1. The summed E-state index contributed by atoms with van der Waals surface area (Å²) in [4.78, 5) is 10.1. The Morgan fingerprint density at radius 2 is 2.21 bits per heavy atom. The number of nitrogens with one attached hydrogen (secondary N) is 1. The normalized spacial score (nSPS) is 24.4. The Hall–Kier alpha value is -1.45. The van der Waals surface area contributed by atoms with Crippen LogP contribution in [0.5, 0.6) is 0 Å². The van der Waals surface area contributed by atoms with Crippen LogP contribution in [0.25, 0.3) is 0 Å². The number of amides is 1. The van der Waals surface area contributed by atoms with Crippen molar-refractivity contribution < 1.29 is 13.6 Å². The van der Waals surface area contributed by atoms with Crippen LogP contribution in [0.15, 0.2) is 18.2 Å². The molecule has 0 spiro atoms. The summed E-state index contributed by atoms with van der Waals surface area (Å²) in [5, 5.41) is 2.57. The van der Waals surface area contributed by atoms with E-state index in [1.807, 2.05) is 0 Å². The van der Waals surface area contributed by atoms with E-state index in [0.717, 1.165) is 12.5 Å². The summed E-state index contributed by atoms with van der Waals surface area (Å²) in [6.07, 6.45) is 1.33. The van der Waals surface area contributed by atoms with Gasteiger partial charge in [0.15, 0.2) is 0 Å². The van der Waals surface area contributed by atoms with E-state index in [1.54, 1.807) is 0 Å². The molecule has 1 fully saturated rings. The maximum absolute atomic E-state index is 13.2. The van der Waals surface area contributed by atoms with Gasteiger partial charge in [0.05, 0.1) is 0 Å². The fraction of sp³-hybridized carbons (Fsp3) is 0.300. The largest absolute Gasteiger partial charge is 0.355 e. The zero-order valence-electron chi connectivity index (χ0n) is 7.34. The van der Waals surface area contributed by atoms with Crippen molar-refractivity contribution in [1.29, 1.82) is 0 Å². The van der Waals surface area contributed by atoms with Crippen LogP contribution < -0.4 is 5.32 Å². The number of rotatable bonds is 3. The third kappa shape index (κ3) is 1.60. The van der Waals surface area contributed by atoms with Crippen molar-refractivity contribution in [2.24, 2.45) is 0 Å². The summed E-state index contributed by atoms with van der Waals surface area (Å²) in [6.45, 7) is 0. The number of hydrogen-bond acceptors (Lipinski definition) is 1. The molecule has 1 amide bonds. The Morgan fingerprint density at radius 1 is 1.43 bits per heavy atom. The smallest absolute Gasteiger partial charge is 0.207 e. The van der Waals surface area contributed by atoms with Crippen LogP contribution in [0.4, 0.5) is 8.78 Å². The summed E-state index contributed by atoms with van der Waals surface area (Å²) in [7, 11) is 0. The number of halogens is 2. The maximum Gasteiger partial charge on any atom is 0.207 e. The molecule has 0 saturated heterocycles. The minimum Gasteiger partial charge on any atom is -0.355 e. The SMILES string of the molecule is O=CN[C@H]1C[C@@H]1c1ccc(F)cc1F. The van der Waals surface area contributed by atoms with E-state index >= 15 is 0 Å². The molecule has 0 bridgehead atoms. The van der Waals surface area contributed by atoms with Crippen LogP contribution in [-0.2, 0) is 4.79 Å². The van der Waals surface area contributed by atoms with Gasteiger partial charge < -0.3 is 5.32 Å². The van der Waals surface area contributed by atoms with Gasteiger partial charge in [-0.25, -0.2) is 8.78 Å². The second-order valence-electron chi connectivity index (χ2n) is 3.40. The highest BCUT2D eigenvalue weighted by Crippen LogP contribution is 2.41. The van der Waals surface area contributed by atoms with Gasteiger partial charge in [-0.05, 0) is 18.1 Å². The first-order valence-electron chi connectivity index (χ1n) is 4.37. The van der Waals surface area contributed by atoms with Crippen molar-refractivity contribution in [3.8, 4) is 0 Å². The van der Waals surface area contributed by atoms with Crippen LogP contribution in [0.1, 0.15) is 17.9 Å². The molecule has 0 heterocycles. The van der Waals surface area contributed by atoms with E-state index < -0.39 is 11.6 Å². The summed E-state index contributed by atoms with van der Waals surface area (Å²) in [6, 6.07) is 3.54. The Balaban J connectivity index is 2.15. The summed E-state index contributed by atoms with van der Waals surface area (Å²) >= 11 is 0. The summed E-state index contributed by atoms with van der Waals surface area (Å²) in [5.74, 6) is -1.11. The van der Waals surface area contributed by atoms with E-state index in [4.69, 9.17) is 0 Å². The molecule has 1 aromatic rings. The number of carbonyl (C=O) groups is 1. The lowest BCUT2D eigenvalue weighted by atomic mass is 10.1. The predicted octanol–water partition coefficient (Wildman–Crippen LogP) is 1.57. The zero-order valence-corrected chi connectivity index (χ0v) is 7.34. The van der Waals surface area contributed by atoms with E-state index in [9.17, 15) is 13.6 Å². The summed E-state index contributed by atoms with van der Waals surface area (Å²) in [5.41, 5.74) is 0.478. The molecule has 1 aromatic carbocycles. The van der Waals surface area contributed by atoms with Gasteiger partial charge in [0.25, 0.3) is 0 Å². The zero-order chi connectivity index (χ0) is 10.1. The number of benzene rings is 1. The topological polar surface area (TPSA) is 29.1 Å². The van der Waals surface area contributed by atoms with Gasteiger partial charge in [0.2, 0.25) is 6.41 Å². The molecule has 0 unspecified atom stereocenters. The second-order valence-corrected chi connectivity index (χ2v) is 3.40. The molecule has 2 nitrogen and oxygen atoms in total. The van der Waals surface area contributed by atoms with E-state index in [1.165, 1.54) is 12.1 Å². The first-order valence-corrected chi connectivity index (χ1v) is 4.37. The first-order chi connectivity index (χ1) is 6.72. The molecule has 4 heteroatoms. The average molecular weight is 197 g/mol. The van der Waals surface area contributed by atoms with Crippen LogP contribution in [0.2, 0.25) is 0 Å². The fourth-order valence-electron chi connectivity index (χ4n) is 1.61. The lowest BCUT2D eigenvalue weighted by Crippen LogP contribution is -2.15. The van der Waals surface area contributed by atoms with Crippen molar-refractivity contribution in [3.63, 3.8) is 0 Å². The van der Waals surface area contributed by atoms with Gasteiger partial charge in [-0.15, -0.1) is 0 Å². The Labute approximate surface area is 79.9 Å². The molecule has 74 valence electrons. The van der Waals surface area contributed by atoms with E-state index in [0.29, 0.717) is 12.0 Å². The second kappa shape index (κ2) is 3.36. The van der Waals surface area contributed by atoms with Crippen LogP contribution in [0.3, 0.4) is 0 Å². The molecular weight excluding hydrogens is 188 g/mol. The quantitative estimate of drug-likeness (QED) is 0.732. The van der Waals surface area contributed by atoms with Gasteiger partial charge in [-0.3, -0.25) is 4.79 Å². The average Bonchev–Trinajstić information content (AvgIpc) is 2.84. The van der Waals surface area contributed by atoms with Gasteiger partial charge in [0.1, 0.15) is 11.6 Å². The van der Waals surface area contributed by atoms with Crippen molar-refractivity contribution in [1.82, 2.24) is 5.32 Å². The Morgan fingerprint density at radius 3 is 2.86 bits per heavy atom. The van der Waals surface area contributed by atoms with Crippen molar-refractivity contribution in [2.45, 2.75) is 18.4 Å². The molecule has 0 radical (unpaired) electrons. The molecule has 1 aliphatic carbocycles. The lowest BCUT2D eigenvalue weighted by Gasteiger charge is -2.01. The molecule has 2 rings (SSSR count). The molecule has 1 aliphatic rings. The molecule has 0 aliphatic heterocycles. The number of carbonyl (C=O) groups excluding carboxylic acids is 1. The fourth-order valence-corrected chi connectivity index (χ4v) is 1.61. The van der Waals surface area contributed by atoms with Crippen molar-refractivity contribution in [2.75, 3.05) is 0 Å². The van der Waals surface area contributed by atoms with Crippen LogP contribution in [0, 0.1) is 11.6 Å². The highest BCUT2D eigenvalue weighted by atomic mass is 19.1. The van der Waals surface area contributed by atoms with Crippen LogP contribution >= 0.6 is 0 Å². The van der Waals surface area contributed by atoms with Gasteiger partial charge >= 0.3 is 0 Å². The molecular formula is C10H9F2NO. The Bertz CT molecular complexity index is 367. The highest BCUT2D eigenvalue weighted by Gasteiger charge is 2.39. The predicted molar refractivity (Wildman–Crippen MR) is 46.7 cm³/mol. The first kappa shape index (κ1) is 9.12. The van der Waals surface area contributed by atoms with Crippen molar-refractivity contribution in [3.05, 3.63) is 35.4 Å². The Kier molecular flexibility index (Phi) is 2.19. The minimum absolute atomic E-state index is 0.000741. The lowest BCUT2D eigenvalue weighted by molar-refractivity contribution is -0.109. The van der Waals surface area contributed by atoms with Gasteiger partial charge in [-0.2, -0.15) is 0 Å². The van der Waals surface area contributed by atoms with Gasteiger partial charge in [-0.1, -0.05) is 6.07 Å². The molecule has 0 aromatic heterocycles. The van der Waals surface area contributed by atoms with Crippen LogP contribution in [-0.4, -0.2) is 12.5 Å². The molecule has 1 saturated carbocycles. The molecule has 1 N–H and O–H groups in total. The van der Waals surface area contributed by atoms with Crippen molar-refractivity contribution >= 4 is 6.41 Å². The third-order valence-corrected chi connectivity index (χ3v) is 2.43.